The Morgan fingerprint density at radius 2 is 2.15 bits per heavy atom. The van der Waals surface area contributed by atoms with Crippen LogP contribution in [0.25, 0.3) is 5.13 Å². The molecule has 2 heterocycles. The minimum absolute atomic E-state index is 0.0589. The molecule has 0 saturated carbocycles. The summed E-state index contributed by atoms with van der Waals surface area (Å²) in [5, 5.41) is 28.5. The minimum Gasteiger partial charge on any atom is -0.356 e. The number of anilines is 1. The number of nitriles is 2. The van der Waals surface area contributed by atoms with Crippen LogP contribution >= 0.6 is 22.9 Å². The number of hydrogen-bond donors (Lipinski definition) is 2. The molecular weight excluding hydrogens is 388 g/mol. The molecule has 0 unspecified atom stereocenters. The first-order chi connectivity index (χ1) is 13.0. The number of thiazole rings is 1. The summed E-state index contributed by atoms with van der Waals surface area (Å²) in [6.45, 7) is 0.0589. The fraction of sp³-hybridized carbons (Fsp3) is 0.125. The number of hydrogen-bond acceptors (Lipinski definition) is 8. The lowest BCUT2D eigenvalue weighted by molar-refractivity contribution is 0.0949. The van der Waals surface area contributed by atoms with Crippen molar-refractivity contribution in [2.24, 2.45) is 0 Å². The Hall–Kier alpha value is -3.47. The fourth-order valence-corrected chi connectivity index (χ4v) is 3.10. The van der Waals surface area contributed by atoms with E-state index in [-0.39, 0.29) is 12.1 Å². The van der Waals surface area contributed by atoms with Crippen molar-refractivity contribution in [3.8, 4) is 17.3 Å². The minimum atomic E-state index is -0.411. The molecule has 134 valence electrons. The third-order valence-corrected chi connectivity index (χ3v) is 4.47. The van der Waals surface area contributed by atoms with Gasteiger partial charge in [0.2, 0.25) is 11.1 Å². The molecule has 3 aromatic rings. The zero-order chi connectivity index (χ0) is 19.4. The van der Waals surface area contributed by atoms with Crippen molar-refractivity contribution in [1.82, 2.24) is 25.1 Å². The number of carbonyl (C=O) groups is 1. The number of halogens is 1. The van der Waals surface area contributed by atoms with Gasteiger partial charge in [0.15, 0.2) is 5.82 Å². The van der Waals surface area contributed by atoms with Crippen LogP contribution in [0.1, 0.15) is 26.6 Å². The molecular formula is C16H11ClN8OS. The second-order valence-corrected chi connectivity index (χ2v) is 6.60. The van der Waals surface area contributed by atoms with Crippen LogP contribution in [0, 0.1) is 22.7 Å². The van der Waals surface area contributed by atoms with Gasteiger partial charge in [0.25, 0.3) is 5.91 Å². The average Bonchev–Trinajstić information content (AvgIpc) is 3.31. The molecule has 1 aromatic carbocycles. The third kappa shape index (κ3) is 4.03. The van der Waals surface area contributed by atoms with Crippen LogP contribution < -0.4 is 10.6 Å². The van der Waals surface area contributed by atoms with Gasteiger partial charge in [-0.3, -0.25) is 4.79 Å². The zero-order valence-electron chi connectivity index (χ0n) is 13.9. The van der Waals surface area contributed by atoms with Crippen LogP contribution in [-0.2, 0) is 6.54 Å². The smallest absolute Gasteiger partial charge is 0.251 e. The van der Waals surface area contributed by atoms with Gasteiger partial charge in [0.1, 0.15) is 10.9 Å². The first-order valence-corrected chi connectivity index (χ1v) is 8.72. The van der Waals surface area contributed by atoms with Gasteiger partial charge in [-0.05, 0) is 18.2 Å². The number of rotatable bonds is 5. The van der Waals surface area contributed by atoms with Gasteiger partial charge < -0.3 is 10.6 Å². The van der Waals surface area contributed by atoms with E-state index in [0.29, 0.717) is 32.4 Å². The number of carbonyl (C=O) groups excluding carboxylic acids is 1. The monoisotopic (exact) mass is 398 g/mol. The molecule has 1 amide bonds. The van der Waals surface area contributed by atoms with Crippen molar-refractivity contribution in [2.75, 3.05) is 12.4 Å². The molecule has 0 saturated heterocycles. The number of benzene rings is 1. The summed E-state index contributed by atoms with van der Waals surface area (Å²) < 4.78 is 1.45. The highest BCUT2D eigenvalue weighted by molar-refractivity contribution is 7.14. The molecule has 0 bridgehead atoms. The van der Waals surface area contributed by atoms with Crippen LogP contribution in [0.5, 0.6) is 0 Å². The van der Waals surface area contributed by atoms with E-state index in [1.807, 2.05) is 12.1 Å². The summed E-state index contributed by atoms with van der Waals surface area (Å²) in [5.41, 5.74) is 0.556. The summed E-state index contributed by atoms with van der Waals surface area (Å²) in [7, 11) is 1.67. The van der Waals surface area contributed by atoms with Crippen LogP contribution in [0.2, 0.25) is 5.02 Å². The van der Waals surface area contributed by atoms with Crippen molar-refractivity contribution in [2.45, 2.75) is 6.54 Å². The van der Waals surface area contributed by atoms with Gasteiger partial charge >= 0.3 is 0 Å². The summed E-state index contributed by atoms with van der Waals surface area (Å²) in [6.07, 6.45) is 1.44. The Morgan fingerprint density at radius 3 is 2.81 bits per heavy atom. The van der Waals surface area contributed by atoms with Gasteiger partial charge in [0.05, 0.1) is 24.4 Å². The lowest BCUT2D eigenvalue weighted by Gasteiger charge is -2.06. The van der Waals surface area contributed by atoms with Crippen molar-refractivity contribution < 1.29 is 4.79 Å². The normalized spacial score (nSPS) is 10.1. The number of nitrogens with zero attached hydrogens (tertiary/aromatic N) is 6. The molecule has 0 spiro atoms. The van der Waals surface area contributed by atoms with Gasteiger partial charge in [-0.1, -0.05) is 22.9 Å². The van der Waals surface area contributed by atoms with Crippen LogP contribution in [-0.4, -0.2) is 32.7 Å². The van der Waals surface area contributed by atoms with E-state index in [0.717, 1.165) is 11.3 Å². The van der Waals surface area contributed by atoms with Crippen LogP contribution in [0.3, 0.4) is 0 Å². The molecule has 0 aliphatic heterocycles. The summed E-state index contributed by atoms with van der Waals surface area (Å²) in [4.78, 5) is 21.3. The number of amides is 1. The Kier molecular flexibility index (Phi) is 5.31. The summed E-state index contributed by atoms with van der Waals surface area (Å²) in [6, 6.07) is 8.37. The second-order valence-electron chi connectivity index (χ2n) is 5.16. The molecule has 27 heavy (non-hydrogen) atoms. The van der Waals surface area contributed by atoms with E-state index >= 15 is 0 Å². The van der Waals surface area contributed by atoms with E-state index in [9.17, 15) is 4.79 Å². The highest BCUT2D eigenvalue weighted by atomic mass is 35.5. The average molecular weight is 399 g/mol. The topological polar surface area (TPSA) is 132 Å². The third-order valence-electron chi connectivity index (χ3n) is 3.38. The molecule has 0 radical (unpaired) electrons. The Morgan fingerprint density at radius 1 is 1.33 bits per heavy atom. The Balaban J connectivity index is 1.83. The molecule has 0 atom stereocenters. The maximum absolute atomic E-state index is 12.4. The van der Waals surface area contributed by atoms with Gasteiger partial charge in [-0.25, -0.2) is 4.98 Å². The van der Waals surface area contributed by atoms with E-state index in [2.05, 4.69) is 25.7 Å². The molecule has 0 aliphatic carbocycles. The zero-order valence-corrected chi connectivity index (χ0v) is 15.5. The Bertz CT molecular complexity index is 1090. The van der Waals surface area contributed by atoms with Gasteiger partial charge in [-0.2, -0.15) is 20.2 Å². The summed E-state index contributed by atoms with van der Waals surface area (Å²) in [5.74, 6) is 0.364. The Labute approximate surface area is 162 Å². The van der Waals surface area contributed by atoms with Crippen molar-refractivity contribution in [3.63, 3.8) is 0 Å². The van der Waals surface area contributed by atoms with Crippen LogP contribution in [0.4, 0.5) is 5.95 Å². The molecule has 9 nitrogen and oxygen atoms in total. The molecule has 2 N–H and O–H groups in total. The van der Waals surface area contributed by atoms with Crippen molar-refractivity contribution >= 4 is 34.8 Å². The maximum atomic E-state index is 12.4. The first kappa shape index (κ1) is 18.3. The molecule has 2 aromatic heterocycles. The lowest BCUT2D eigenvalue weighted by Crippen LogP contribution is -2.24. The lowest BCUT2D eigenvalue weighted by atomic mass is 10.1. The molecule has 11 heteroatoms. The van der Waals surface area contributed by atoms with Crippen molar-refractivity contribution in [3.05, 3.63) is 51.2 Å². The number of nitrogens with one attached hydrogen (secondary N) is 2. The highest BCUT2D eigenvalue weighted by Gasteiger charge is 2.16. The molecule has 3 rings (SSSR count). The van der Waals surface area contributed by atoms with Crippen LogP contribution in [0.15, 0.2) is 24.4 Å². The SMILES string of the molecule is CNc1nc(CNC(=O)c2cc(Cl)cc(C#N)c2)n(-c2ncc(C#N)s2)n1. The molecule has 0 aliphatic rings. The van der Waals surface area contributed by atoms with Gasteiger partial charge in [-0.15, -0.1) is 5.10 Å². The first-order valence-electron chi connectivity index (χ1n) is 7.53. The predicted octanol–water partition coefficient (Wildman–Crippen LogP) is 2.09. The van der Waals surface area contributed by atoms with E-state index < -0.39 is 5.91 Å². The maximum Gasteiger partial charge on any atom is 0.251 e. The largest absolute Gasteiger partial charge is 0.356 e. The summed E-state index contributed by atoms with van der Waals surface area (Å²) >= 11 is 7.09. The van der Waals surface area contributed by atoms with Crippen molar-refractivity contribution in [1.29, 1.82) is 10.5 Å². The molecule has 0 fully saturated rings. The standard InChI is InChI=1S/C16H11ClN8OS/c1-20-15-23-13(25(24-15)16-22-7-12(6-19)27-16)8-21-14(26)10-2-9(5-18)3-11(17)4-10/h2-4,7H,8H2,1H3,(H,20,24)(H,21,26). The fourth-order valence-electron chi connectivity index (χ4n) is 2.18. The highest BCUT2D eigenvalue weighted by Crippen LogP contribution is 2.19. The van der Waals surface area contributed by atoms with Gasteiger partial charge in [0, 0.05) is 17.6 Å². The second kappa shape index (κ2) is 7.83. The van der Waals surface area contributed by atoms with E-state index in [4.69, 9.17) is 22.1 Å². The quantitative estimate of drug-likeness (QED) is 0.672. The predicted molar refractivity (Wildman–Crippen MR) is 98.6 cm³/mol. The number of aromatic nitrogens is 4. The van der Waals surface area contributed by atoms with E-state index in [1.165, 1.54) is 29.1 Å². The van der Waals surface area contributed by atoms with E-state index in [1.54, 1.807) is 7.05 Å².